The Hall–Kier alpha value is -4.25. The van der Waals surface area contributed by atoms with Gasteiger partial charge in [0.15, 0.2) is 0 Å². The monoisotopic (exact) mass is 434 g/mol. The molecular formula is C28H23FN4. The Morgan fingerprint density at radius 3 is 2.76 bits per heavy atom. The van der Waals surface area contributed by atoms with Gasteiger partial charge in [0.2, 0.25) is 0 Å². The summed E-state index contributed by atoms with van der Waals surface area (Å²) in [6, 6.07) is 16.7. The molecule has 0 fully saturated rings. The fraction of sp³-hybridized carbons (Fsp3) is 0.0714. The zero-order chi connectivity index (χ0) is 22.9. The molecule has 0 amide bonds. The van der Waals surface area contributed by atoms with Crippen molar-refractivity contribution in [1.29, 1.82) is 0 Å². The number of fused-ring (bicyclic) bond motifs is 1. The predicted molar refractivity (Wildman–Crippen MR) is 133 cm³/mol. The highest BCUT2D eigenvalue weighted by molar-refractivity contribution is 5.98. The first kappa shape index (κ1) is 20.6. The van der Waals surface area contributed by atoms with Gasteiger partial charge in [0.25, 0.3) is 0 Å². The van der Waals surface area contributed by atoms with E-state index in [9.17, 15) is 4.39 Å². The first-order valence-corrected chi connectivity index (χ1v) is 10.7. The summed E-state index contributed by atoms with van der Waals surface area (Å²) in [5.74, 6) is -0.252. The molecule has 2 N–H and O–H groups in total. The maximum absolute atomic E-state index is 13.8. The SMILES string of the molecule is C=c1c(-c2cc3c(-c4cccc(F)c4)cccc3[nH]2)n[nH]/c1=C/C=C(\C)c1cnccc1C. The van der Waals surface area contributed by atoms with Crippen LogP contribution < -0.4 is 10.6 Å². The average Bonchev–Trinajstić information content (AvgIpc) is 3.40. The number of hydrogen-bond acceptors (Lipinski definition) is 2. The van der Waals surface area contributed by atoms with E-state index in [0.717, 1.165) is 55.1 Å². The van der Waals surface area contributed by atoms with E-state index in [4.69, 9.17) is 0 Å². The molecule has 0 unspecified atom stereocenters. The number of aromatic amines is 2. The van der Waals surface area contributed by atoms with E-state index < -0.39 is 0 Å². The van der Waals surface area contributed by atoms with E-state index in [1.807, 2.05) is 54.7 Å². The highest BCUT2D eigenvalue weighted by Crippen LogP contribution is 2.31. The van der Waals surface area contributed by atoms with Crippen molar-refractivity contribution in [3.05, 3.63) is 101 Å². The van der Waals surface area contributed by atoms with Gasteiger partial charge >= 0.3 is 0 Å². The van der Waals surface area contributed by atoms with Gasteiger partial charge in [0.1, 0.15) is 11.5 Å². The van der Waals surface area contributed by atoms with Crippen LogP contribution in [0.25, 0.3) is 51.6 Å². The van der Waals surface area contributed by atoms with E-state index in [0.29, 0.717) is 0 Å². The minimum atomic E-state index is -0.252. The second kappa shape index (κ2) is 8.36. The highest BCUT2D eigenvalue weighted by atomic mass is 19.1. The van der Waals surface area contributed by atoms with Gasteiger partial charge in [-0.1, -0.05) is 36.9 Å². The van der Waals surface area contributed by atoms with Gasteiger partial charge in [-0.15, -0.1) is 0 Å². The first-order valence-electron chi connectivity index (χ1n) is 10.7. The Balaban J connectivity index is 1.55. The average molecular weight is 435 g/mol. The van der Waals surface area contributed by atoms with Crippen molar-refractivity contribution >= 4 is 29.1 Å². The molecule has 162 valence electrons. The molecule has 5 rings (SSSR count). The molecule has 5 heteroatoms. The minimum absolute atomic E-state index is 0.252. The van der Waals surface area contributed by atoms with Crippen molar-refractivity contribution < 1.29 is 4.39 Å². The Kier molecular flexibility index (Phi) is 5.23. The Morgan fingerprint density at radius 1 is 1.09 bits per heavy atom. The number of halogens is 1. The third-order valence-corrected chi connectivity index (χ3v) is 5.92. The number of benzene rings is 2. The lowest BCUT2D eigenvalue weighted by Crippen LogP contribution is -2.21. The number of aryl methyl sites for hydroxylation is 1. The van der Waals surface area contributed by atoms with Gasteiger partial charge in [-0.25, -0.2) is 4.39 Å². The van der Waals surface area contributed by atoms with Crippen LogP contribution in [0.3, 0.4) is 0 Å². The standard InChI is InChI=1S/C28H23FN4/c1-17(24-16-30-13-12-18(24)2)10-11-25-19(3)28(33-32-25)27-15-23-22(8-5-9-26(23)31-27)20-6-4-7-21(29)14-20/h4-16,31-32H,3H2,1-2H3/b17-10+,25-11+. The van der Waals surface area contributed by atoms with Crippen molar-refractivity contribution in [3.63, 3.8) is 0 Å². The largest absolute Gasteiger partial charge is 0.353 e. The van der Waals surface area contributed by atoms with Crippen LogP contribution in [0.1, 0.15) is 18.1 Å². The van der Waals surface area contributed by atoms with Crippen LogP contribution in [-0.4, -0.2) is 20.2 Å². The number of hydrogen-bond donors (Lipinski definition) is 2. The maximum atomic E-state index is 13.8. The number of aromatic nitrogens is 4. The molecule has 0 saturated carbocycles. The summed E-state index contributed by atoms with van der Waals surface area (Å²) in [4.78, 5) is 7.66. The van der Waals surface area contributed by atoms with Gasteiger partial charge in [-0.2, -0.15) is 5.10 Å². The third kappa shape index (κ3) is 3.89. The predicted octanol–water partition coefficient (Wildman–Crippen LogP) is 5.36. The lowest BCUT2D eigenvalue weighted by atomic mass is 10.0. The van der Waals surface area contributed by atoms with Gasteiger partial charge in [0, 0.05) is 28.5 Å². The minimum Gasteiger partial charge on any atom is -0.353 e. The van der Waals surface area contributed by atoms with Gasteiger partial charge < -0.3 is 4.98 Å². The molecule has 0 bridgehead atoms. The van der Waals surface area contributed by atoms with Crippen LogP contribution in [0.15, 0.2) is 73.1 Å². The number of rotatable bonds is 4. The molecule has 0 saturated heterocycles. The molecule has 0 radical (unpaired) electrons. The first-order chi connectivity index (χ1) is 16.0. The van der Waals surface area contributed by atoms with Crippen LogP contribution in [0.4, 0.5) is 4.39 Å². The molecule has 5 aromatic rings. The zero-order valence-corrected chi connectivity index (χ0v) is 18.5. The number of allylic oxidation sites excluding steroid dienone is 2. The Bertz CT molecular complexity index is 1620. The van der Waals surface area contributed by atoms with Crippen molar-refractivity contribution in [2.75, 3.05) is 0 Å². The van der Waals surface area contributed by atoms with Gasteiger partial charge in [-0.05, 0) is 78.1 Å². The quantitative estimate of drug-likeness (QED) is 0.400. The molecule has 0 aliphatic heterocycles. The van der Waals surface area contributed by atoms with Crippen molar-refractivity contribution in [2.45, 2.75) is 13.8 Å². The van der Waals surface area contributed by atoms with E-state index >= 15 is 0 Å². The summed E-state index contributed by atoms with van der Waals surface area (Å²) in [5, 5.41) is 10.3. The molecule has 0 spiro atoms. The van der Waals surface area contributed by atoms with Crippen LogP contribution >= 0.6 is 0 Å². The number of nitrogens with zero attached hydrogens (tertiary/aromatic N) is 2. The van der Waals surface area contributed by atoms with Gasteiger partial charge in [0.05, 0.1) is 11.0 Å². The summed E-state index contributed by atoms with van der Waals surface area (Å²) in [5.41, 5.74) is 7.78. The number of H-pyrrole nitrogens is 2. The third-order valence-electron chi connectivity index (χ3n) is 5.92. The zero-order valence-electron chi connectivity index (χ0n) is 18.5. The summed E-state index contributed by atoms with van der Waals surface area (Å²) in [7, 11) is 0. The van der Waals surface area contributed by atoms with Gasteiger partial charge in [-0.3, -0.25) is 10.1 Å². The number of nitrogens with one attached hydrogen (secondary N) is 2. The topological polar surface area (TPSA) is 57.4 Å². The van der Waals surface area contributed by atoms with E-state index in [1.54, 1.807) is 18.3 Å². The molecule has 2 aromatic carbocycles. The molecule has 0 atom stereocenters. The number of pyridine rings is 1. The van der Waals surface area contributed by atoms with Crippen LogP contribution in [-0.2, 0) is 0 Å². The fourth-order valence-electron chi connectivity index (χ4n) is 4.10. The molecule has 4 nitrogen and oxygen atoms in total. The van der Waals surface area contributed by atoms with Crippen LogP contribution in [0, 0.1) is 12.7 Å². The highest BCUT2D eigenvalue weighted by Gasteiger charge is 2.11. The van der Waals surface area contributed by atoms with E-state index in [1.165, 1.54) is 11.6 Å². The van der Waals surface area contributed by atoms with Crippen molar-refractivity contribution in [1.82, 2.24) is 20.2 Å². The maximum Gasteiger partial charge on any atom is 0.123 e. The molecule has 33 heavy (non-hydrogen) atoms. The second-order valence-corrected chi connectivity index (χ2v) is 8.13. The Morgan fingerprint density at radius 2 is 1.94 bits per heavy atom. The second-order valence-electron chi connectivity index (χ2n) is 8.13. The molecular weight excluding hydrogens is 411 g/mol. The lowest BCUT2D eigenvalue weighted by molar-refractivity contribution is 0.628. The summed E-state index contributed by atoms with van der Waals surface area (Å²) in [6.07, 6.45) is 7.70. The van der Waals surface area contributed by atoms with Crippen molar-refractivity contribution in [2.24, 2.45) is 0 Å². The Labute approximate surface area is 190 Å². The molecule has 0 aliphatic rings. The smallest absolute Gasteiger partial charge is 0.123 e. The normalized spacial score (nSPS) is 12.6. The van der Waals surface area contributed by atoms with E-state index in [-0.39, 0.29) is 5.82 Å². The van der Waals surface area contributed by atoms with Crippen LogP contribution in [0.5, 0.6) is 0 Å². The summed E-state index contributed by atoms with van der Waals surface area (Å²) >= 11 is 0. The lowest BCUT2D eigenvalue weighted by Gasteiger charge is -2.03. The molecule has 3 heterocycles. The van der Waals surface area contributed by atoms with Crippen molar-refractivity contribution in [3.8, 4) is 22.5 Å². The summed E-state index contributed by atoms with van der Waals surface area (Å²) < 4.78 is 13.8. The van der Waals surface area contributed by atoms with E-state index in [2.05, 4.69) is 40.6 Å². The fourth-order valence-corrected chi connectivity index (χ4v) is 4.10. The summed E-state index contributed by atoms with van der Waals surface area (Å²) in [6.45, 7) is 8.39. The molecule has 3 aromatic heterocycles. The van der Waals surface area contributed by atoms with Crippen LogP contribution in [0.2, 0.25) is 0 Å². The molecule has 0 aliphatic carbocycles.